The number of amides is 1. The van der Waals surface area contributed by atoms with Gasteiger partial charge in [0.1, 0.15) is 0 Å². The first-order valence-electron chi connectivity index (χ1n) is 8.67. The van der Waals surface area contributed by atoms with E-state index in [1.165, 1.54) is 0 Å². The number of methoxy groups -OCH3 is 3. The van der Waals surface area contributed by atoms with Gasteiger partial charge < -0.3 is 24.0 Å². The third-order valence-corrected chi connectivity index (χ3v) is 4.92. The molecule has 2 aromatic rings. The minimum absolute atomic E-state index is 0.0243. The van der Waals surface area contributed by atoms with Crippen molar-refractivity contribution in [3.8, 4) is 17.2 Å². The predicted molar refractivity (Wildman–Crippen MR) is 106 cm³/mol. The highest BCUT2D eigenvalue weighted by Crippen LogP contribution is 2.41. The van der Waals surface area contributed by atoms with Crippen LogP contribution in [0.15, 0.2) is 36.4 Å². The van der Waals surface area contributed by atoms with Crippen molar-refractivity contribution in [3.63, 3.8) is 0 Å². The first kappa shape index (κ1) is 19.2. The molecule has 0 bridgehead atoms. The zero-order valence-corrected chi connectivity index (χ0v) is 16.5. The number of carbonyl (C=O) groups is 1. The number of nitrogens with zero attached hydrogens (tertiary/aromatic N) is 2. The number of carbonyl (C=O) groups excluding carboxylic acids is 1. The van der Waals surface area contributed by atoms with Gasteiger partial charge in [-0.1, -0.05) is 11.6 Å². The average molecular weight is 391 g/mol. The monoisotopic (exact) mass is 390 g/mol. The molecule has 1 heterocycles. The molecule has 1 amide bonds. The molecule has 0 atom stereocenters. The molecule has 3 rings (SSSR count). The SMILES string of the molecule is COc1cc(N2CCN(C(=O)c3ccc(Cl)cc3)CC2)cc(OC)c1OC. The van der Waals surface area contributed by atoms with Crippen LogP contribution in [0.5, 0.6) is 17.2 Å². The van der Waals surface area contributed by atoms with Crippen LogP contribution in [0.4, 0.5) is 5.69 Å². The normalized spacial score (nSPS) is 14.1. The Kier molecular flexibility index (Phi) is 5.96. The van der Waals surface area contributed by atoms with Gasteiger partial charge in [0.05, 0.1) is 21.3 Å². The van der Waals surface area contributed by atoms with Gasteiger partial charge in [-0.3, -0.25) is 4.79 Å². The van der Waals surface area contributed by atoms with E-state index in [1.54, 1.807) is 45.6 Å². The van der Waals surface area contributed by atoms with Crippen molar-refractivity contribution in [2.45, 2.75) is 0 Å². The number of benzene rings is 2. The lowest BCUT2D eigenvalue weighted by atomic mass is 10.1. The Labute approximate surface area is 164 Å². The summed E-state index contributed by atoms with van der Waals surface area (Å²) in [5, 5.41) is 0.624. The molecule has 0 aromatic heterocycles. The van der Waals surface area contributed by atoms with Crippen molar-refractivity contribution >= 4 is 23.2 Å². The maximum atomic E-state index is 12.6. The van der Waals surface area contributed by atoms with Crippen LogP contribution >= 0.6 is 11.6 Å². The maximum absolute atomic E-state index is 12.6. The van der Waals surface area contributed by atoms with Crippen LogP contribution in [0.1, 0.15) is 10.4 Å². The standard InChI is InChI=1S/C20H23ClN2O4/c1-25-17-12-16(13-18(26-2)19(17)27-3)22-8-10-23(11-9-22)20(24)14-4-6-15(21)7-5-14/h4-7,12-13H,8-11H2,1-3H3. The highest BCUT2D eigenvalue weighted by atomic mass is 35.5. The van der Waals surface area contributed by atoms with Crippen LogP contribution < -0.4 is 19.1 Å². The molecule has 7 heteroatoms. The average Bonchev–Trinajstić information content (AvgIpc) is 2.72. The number of hydrogen-bond acceptors (Lipinski definition) is 5. The zero-order valence-electron chi connectivity index (χ0n) is 15.7. The summed E-state index contributed by atoms with van der Waals surface area (Å²) < 4.78 is 16.2. The molecule has 1 saturated heterocycles. The van der Waals surface area contributed by atoms with Gasteiger partial charge in [-0.15, -0.1) is 0 Å². The largest absolute Gasteiger partial charge is 0.493 e. The van der Waals surface area contributed by atoms with Crippen molar-refractivity contribution in [1.82, 2.24) is 4.90 Å². The lowest BCUT2D eigenvalue weighted by Gasteiger charge is -2.36. The van der Waals surface area contributed by atoms with Crippen molar-refractivity contribution < 1.29 is 19.0 Å². The molecule has 27 heavy (non-hydrogen) atoms. The fraction of sp³-hybridized carbons (Fsp3) is 0.350. The van der Waals surface area contributed by atoms with E-state index in [2.05, 4.69) is 4.90 Å². The second-order valence-electron chi connectivity index (χ2n) is 6.17. The summed E-state index contributed by atoms with van der Waals surface area (Å²) in [5.41, 5.74) is 1.63. The molecule has 0 N–H and O–H groups in total. The second kappa shape index (κ2) is 8.39. The van der Waals surface area contributed by atoms with Gasteiger partial charge in [0, 0.05) is 54.6 Å². The van der Waals surface area contributed by atoms with E-state index in [0.717, 1.165) is 18.8 Å². The molecule has 6 nitrogen and oxygen atoms in total. The van der Waals surface area contributed by atoms with Gasteiger partial charge in [-0.25, -0.2) is 0 Å². The molecule has 0 aliphatic carbocycles. The fourth-order valence-electron chi connectivity index (χ4n) is 3.19. The molecule has 1 aliphatic heterocycles. The topological polar surface area (TPSA) is 51.2 Å². The highest BCUT2D eigenvalue weighted by molar-refractivity contribution is 6.30. The first-order valence-corrected chi connectivity index (χ1v) is 9.05. The molecule has 2 aromatic carbocycles. The summed E-state index contributed by atoms with van der Waals surface area (Å²) >= 11 is 5.90. The van der Waals surface area contributed by atoms with Crippen molar-refractivity contribution in [2.75, 3.05) is 52.4 Å². The minimum Gasteiger partial charge on any atom is -0.493 e. The van der Waals surface area contributed by atoms with Crippen molar-refractivity contribution in [3.05, 3.63) is 47.0 Å². The van der Waals surface area contributed by atoms with Crippen LogP contribution in [0.25, 0.3) is 0 Å². The highest BCUT2D eigenvalue weighted by Gasteiger charge is 2.24. The summed E-state index contributed by atoms with van der Waals surface area (Å²) in [5.74, 6) is 1.83. The number of hydrogen-bond donors (Lipinski definition) is 0. The number of piperazine rings is 1. The Bertz CT molecular complexity index is 777. The minimum atomic E-state index is 0.0243. The smallest absolute Gasteiger partial charge is 0.253 e. The third kappa shape index (κ3) is 4.06. The van der Waals surface area contributed by atoms with Gasteiger partial charge >= 0.3 is 0 Å². The van der Waals surface area contributed by atoms with Crippen LogP contribution in [-0.4, -0.2) is 58.3 Å². The molecule has 1 fully saturated rings. The van der Waals surface area contributed by atoms with E-state index >= 15 is 0 Å². The van der Waals surface area contributed by atoms with Gasteiger partial charge in [-0.2, -0.15) is 0 Å². The lowest BCUT2D eigenvalue weighted by molar-refractivity contribution is 0.0746. The molecular formula is C20H23ClN2O4. The van der Waals surface area contributed by atoms with Gasteiger partial charge in [0.15, 0.2) is 11.5 Å². The predicted octanol–water partition coefficient (Wildman–Crippen LogP) is 3.33. The summed E-state index contributed by atoms with van der Waals surface area (Å²) in [6, 6.07) is 10.9. The molecule has 0 unspecified atom stereocenters. The second-order valence-corrected chi connectivity index (χ2v) is 6.61. The van der Waals surface area contributed by atoms with E-state index in [4.69, 9.17) is 25.8 Å². The number of halogens is 1. The molecule has 144 valence electrons. The number of ether oxygens (including phenoxy) is 3. The zero-order chi connectivity index (χ0) is 19.4. The summed E-state index contributed by atoms with van der Waals surface area (Å²) in [6.07, 6.45) is 0. The van der Waals surface area contributed by atoms with E-state index in [9.17, 15) is 4.79 Å². The van der Waals surface area contributed by atoms with Gasteiger partial charge in [-0.05, 0) is 24.3 Å². The van der Waals surface area contributed by atoms with Crippen LogP contribution in [-0.2, 0) is 0 Å². The number of rotatable bonds is 5. The van der Waals surface area contributed by atoms with E-state index in [1.807, 2.05) is 17.0 Å². The first-order chi connectivity index (χ1) is 13.1. The summed E-state index contributed by atoms with van der Waals surface area (Å²) in [7, 11) is 4.79. The van der Waals surface area contributed by atoms with Gasteiger partial charge in [0.2, 0.25) is 5.75 Å². The molecular weight excluding hydrogens is 368 g/mol. The Morgan fingerprint density at radius 2 is 1.44 bits per heavy atom. The Hall–Kier alpha value is -2.60. The quantitative estimate of drug-likeness (QED) is 0.783. The Morgan fingerprint density at radius 3 is 1.93 bits per heavy atom. The van der Waals surface area contributed by atoms with E-state index in [-0.39, 0.29) is 5.91 Å². The molecule has 0 radical (unpaired) electrons. The van der Waals surface area contributed by atoms with Crippen LogP contribution in [0.2, 0.25) is 5.02 Å². The Balaban J connectivity index is 1.72. The van der Waals surface area contributed by atoms with E-state index in [0.29, 0.717) is 40.9 Å². The maximum Gasteiger partial charge on any atom is 0.253 e. The fourth-order valence-corrected chi connectivity index (χ4v) is 3.32. The van der Waals surface area contributed by atoms with Crippen molar-refractivity contribution in [1.29, 1.82) is 0 Å². The van der Waals surface area contributed by atoms with E-state index < -0.39 is 0 Å². The summed E-state index contributed by atoms with van der Waals surface area (Å²) in [4.78, 5) is 16.7. The lowest BCUT2D eigenvalue weighted by Crippen LogP contribution is -2.48. The molecule has 0 saturated carbocycles. The Morgan fingerprint density at radius 1 is 0.889 bits per heavy atom. The van der Waals surface area contributed by atoms with Gasteiger partial charge in [0.25, 0.3) is 5.91 Å². The molecule has 0 spiro atoms. The van der Waals surface area contributed by atoms with Crippen LogP contribution in [0, 0.1) is 0 Å². The van der Waals surface area contributed by atoms with Crippen molar-refractivity contribution in [2.24, 2.45) is 0 Å². The summed E-state index contributed by atoms with van der Waals surface area (Å²) in [6.45, 7) is 2.71. The van der Waals surface area contributed by atoms with Crippen LogP contribution in [0.3, 0.4) is 0 Å². The number of anilines is 1. The molecule has 1 aliphatic rings. The third-order valence-electron chi connectivity index (χ3n) is 4.67.